The summed E-state index contributed by atoms with van der Waals surface area (Å²) in [5.74, 6) is 0.232. The van der Waals surface area contributed by atoms with Crippen molar-refractivity contribution in [3.8, 4) is 5.75 Å². The van der Waals surface area contributed by atoms with E-state index in [0.29, 0.717) is 17.8 Å². The number of hydrogen-bond acceptors (Lipinski definition) is 4. The van der Waals surface area contributed by atoms with E-state index in [0.717, 1.165) is 35.8 Å². The normalized spacial score (nSPS) is 13.5. The third-order valence-corrected chi connectivity index (χ3v) is 3.46. The Bertz CT molecular complexity index is 712. The van der Waals surface area contributed by atoms with Crippen molar-refractivity contribution >= 4 is 16.9 Å². The van der Waals surface area contributed by atoms with Gasteiger partial charge in [0.2, 0.25) is 0 Å². The third-order valence-electron chi connectivity index (χ3n) is 3.46. The number of ether oxygens (including phenoxy) is 1. The molecule has 0 saturated heterocycles. The molecule has 0 amide bonds. The van der Waals surface area contributed by atoms with E-state index in [1.54, 1.807) is 25.1 Å². The summed E-state index contributed by atoms with van der Waals surface area (Å²) in [4.78, 5) is 23.1. The number of carbonyl (C=O) groups is 1. The maximum Gasteiger partial charge on any atom is 0.339 e. The highest BCUT2D eigenvalue weighted by Crippen LogP contribution is 2.30. The Morgan fingerprint density at radius 3 is 2.89 bits per heavy atom. The van der Waals surface area contributed by atoms with E-state index in [1.165, 1.54) is 0 Å². The van der Waals surface area contributed by atoms with Gasteiger partial charge in [0.25, 0.3) is 0 Å². The Kier molecular flexibility index (Phi) is 2.85. The van der Waals surface area contributed by atoms with Crippen molar-refractivity contribution in [1.29, 1.82) is 0 Å². The zero-order valence-electron chi connectivity index (χ0n) is 10.7. The maximum atomic E-state index is 11.8. The monoisotopic (exact) mass is 258 g/mol. The third kappa shape index (κ3) is 2.03. The van der Waals surface area contributed by atoms with Crippen molar-refractivity contribution in [3.63, 3.8) is 0 Å². The van der Waals surface area contributed by atoms with E-state index in [-0.39, 0.29) is 11.6 Å². The van der Waals surface area contributed by atoms with Gasteiger partial charge in [0.1, 0.15) is 11.3 Å². The predicted molar refractivity (Wildman–Crippen MR) is 70.4 cm³/mol. The second-order valence-corrected chi connectivity index (χ2v) is 4.69. The number of rotatable bonds is 2. The molecule has 1 aromatic carbocycles. The summed E-state index contributed by atoms with van der Waals surface area (Å²) in [6.45, 7) is 1.75. The molecule has 0 unspecified atom stereocenters. The number of benzene rings is 1. The quantitative estimate of drug-likeness (QED) is 0.472. The van der Waals surface area contributed by atoms with Gasteiger partial charge in [0.15, 0.2) is 0 Å². The Morgan fingerprint density at radius 2 is 2.11 bits per heavy atom. The van der Waals surface area contributed by atoms with Crippen LogP contribution in [0.3, 0.4) is 0 Å². The van der Waals surface area contributed by atoms with Crippen molar-refractivity contribution in [3.05, 3.63) is 39.7 Å². The smallest absolute Gasteiger partial charge is 0.339 e. The average molecular weight is 258 g/mol. The lowest BCUT2D eigenvalue weighted by molar-refractivity contribution is -0.134. The Labute approximate surface area is 110 Å². The number of hydrogen-bond donors (Lipinski definition) is 0. The van der Waals surface area contributed by atoms with Crippen LogP contribution in [-0.2, 0) is 17.6 Å². The van der Waals surface area contributed by atoms with E-state index >= 15 is 0 Å². The molecule has 1 aliphatic carbocycles. The Balaban J connectivity index is 2.15. The molecular formula is C15H14O4. The molecule has 3 rings (SSSR count). The van der Waals surface area contributed by atoms with Crippen molar-refractivity contribution in [2.45, 2.75) is 32.6 Å². The minimum atomic E-state index is -0.270. The molecule has 0 spiro atoms. The van der Waals surface area contributed by atoms with Crippen LogP contribution in [-0.4, -0.2) is 5.97 Å². The molecule has 0 bridgehead atoms. The highest BCUT2D eigenvalue weighted by Gasteiger charge is 2.19. The van der Waals surface area contributed by atoms with Crippen LogP contribution in [0.1, 0.15) is 30.9 Å². The van der Waals surface area contributed by atoms with Crippen LogP contribution in [0.2, 0.25) is 0 Å². The zero-order valence-corrected chi connectivity index (χ0v) is 10.7. The second kappa shape index (κ2) is 4.53. The van der Waals surface area contributed by atoms with Gasteiger partial charge in [-0.05, 0) is 43.0 Å². The number of fused-ring (bicyclic) bond motifs is 3. The summed E-state index contributed by atoms with van der Waals surface area (Å²) in [5, 5.41) is 0.883. The summed E-state index contributed by atoms with van der Waals surface area (Å²) < 4.78 is 10.5. The van der Waals surface area contributed by atoms with Gasteiger partial charge in [-0.3, -0.25) is 4.79 Å². The molecular weight excluding hydrogens is 244 g/mol. The Hall–Kier alpha value is -2.10. The molecule has 0 saturated carbocycles. The van der Waals surface area contributed by atoms with Crippen molar-refractivity contribution in [1.82, 2.24) is 0 Å². The van der Waals surface area contributed by atoms with E-state index in [1.807, 2.05) is 0 Å². The first-order valence-corrected chi connectivity index (χ1v) is 6.48. The fourth-order valence-electron chi connectivity index (χ4n) is 2.53. The molecule has 19 heavy (non-hydrogen) atoms. The van der Waals surface area contributed by atoms with Gasteiger partial charge in [0, 0.05) is 17.4 Å². The van der Waals surface area contributed by atoms with Gasteiger partial charge in [-0.1, -0.05) is 6.92 Å². The summed E-state index contributed by atoms with van der Waals surface area (Å²) in [6.07, 6.45) is 2.95. The van der Waals surface area contributed by atoms with E-state index in [4.69, 9.17) is 9.15 Å². The second-order valence-electron chi connectivity index (χ2n) is 4.69. The summed E-state index contributed by atoms with van der Waals surface area (Å²) in [6, 6.07) is 5.13. The van der Waals surface area contributed by atoms with Crippen LogP contribution in [0, 0.1) is 0 Å². The fraction of sp³-hybridized carbons (Fsp3) is 0.333. The Morgan fingerprint density at radius 1 is 1.32 bits per heavy atom. The number of aryl methyl sites for hydroxylation is 1. The first-order chi connectivity index (χ1) is 9.19. The lowest BCUT2D eigenvalue weighted by Gasteiger charge is -2.07. The summed E-state index contributed by atoms with van der Waals surface area (Å²) in [7, 11) is 0. The minimum Gasteiger partial charge on any atom is -0.427 e. The number of esters is 1. The molecule has 1 heterocycles. The van der Waals surface area contributed by atoms with Crippen LogP contribution in [0.15, 0.2) is 27.4 Å². The zero-order chi connectivity index (χ0) is 13.4. The van der Waals surface area contributed by atoms with Gasteiger partial charge in [-0.2, -0.15) is 0 Å². The summed E-state index contributed by atoms with van der Waals surface area (Å²) in [5.41, 5.74) is 2.13. The molecule has 2 aromatic rings. The van der Waals surface area contributed by atoms with E-state index in [9.17, 15) is 9.59 Å². The fourth-order valence-corrected chi connectivity index (χ4v) is 2.53. The lowest BCUT2D eigenvalue weighted by atomic mass is 10.1. The first kappa shape index (κ1) is 12.0. The largest absolute Gasteiger partial charge is 0.427 e. The molecule has 0 fully saturated rings. The highest BCUT2D eigenvalue weighted by atomic mass is 16.5. The van der Waals surface area contributed by atoms with Gasteiger partial charge in [-0.25, -0.2) is 4.79 Å². The van der Waals surface area contributed by atoms with Crippen molar-refractivity contribution in [2.75, 3.05) is 0 Å². The molecule has 98 valence electrons. The molecule has 0 atom stereocenters. The molecule has 1 aliphatic rings. The van der Waals surface area contributed by atoms with Crippen LogP contribution in [0.25, 0.3) is 11.0 Å². The molecule has 0 radical (unpaired) electrons. The van der Waals surface area contributed by atoms with E-state index in [2.05, 4.69) is 0 Å². The maximum absolute atomic E-state index is 11.8. The lowest BCUT2D eigenvalue weighted by Crippen LogP contribution is -2.08. The number of carbonyl (C=O) groups excluding carboxylic acids is 1. The van der Waals surface area contributed by atoms with Crippen LogP contribution >= 0.6 is 0 Å². The predicted octanol–water partition coefficient (Wildman–Crippen LogP) is 2.60. The SMILES string of the molecule is CCC(=O)Oc1ccc2oc(=O)c3c(c2c1)CCC3. The van der Waals surface area contributed by atoms with Crippen LogP contribution in [0.5, 0.6) is 5.75 Å². The van der Waals surface area contributed by atoms with Crippen LogP contribution < -0.4 is 10.4 Å². The minimum absolute atomic E-state index is 0.238. The average Bonchev–Trinajstić information content (AvgIpc) is 2.89. The van der Waals surface area contributed by atoms with Gasteiger partial charge in [-0.15, -0.1) is 0 Å². The standard InChI is InChI=1S/C15H14O4/c1-2-14(16)18-9-6-7-13-12(8-9)10-4-3-5-11(10)15(17)19-13/h6-8H,2-5H2,1H3. The van der Waals surface area contributed by atoms with E-state index < -0.39 is 0 Å². The molecule has 4 nitrogen and oxygen atoms in total. The van der Waals surface area contributed by atoms with Crippen molar-refractivity contribution in [2.24, 2.45) is 0 Å². The molecule has 0 aliphatic heterocycles. The van der Waals surface area contributed by atoms with Crippen LogP contribution in [0.4, 0.5) is 0 Å². The van der Waals surface area contributed by atoms with Gasteiger partial charge in [0.05, 0.1) is 0 Å². The topological polar surface area (TPSA) is 56.5 Å². The molecule has 1 aromatic heterocycles. The van der Waals surface area contributed by atoms with Gasteiger partial charge < -0.3 is 9.15 Å². The van der Waals surface area contributed by atoms with Crippen molar-refractivity contribution < 1.29 is 13.9 Å². The first-order valence-electron chi connectivity index (χ1n) is 6.48. The molecule has 0 N–H and O–H groups in total. The highest BCUT2D eigenvalue weighted by molar-refractivity contribution is 5.84. The molecule has 4 heteroatoms. The summed E-state index contributed by atoms with van der Waals surface area (Å²) >= 11 is 0. The van der Waals surface area contributed by atoms with Gasteiger partial charge >= 0.3 is 11.6 Å².